The number of hydrogen-bond acceptors (Lipinski definition) is 6. The number of aliphatic imine (C=N–C) groups is 1. The van der Waals surface area contributed by atoms with Crippen molar-refractivity contribution in [3.63, 3.8) is 0 Å². The van der Waals surface area contributed by atoms with E-state index in [9.17, 15) is 28.5 Å². The number of ether oxygens (including phenoxy) is 2. The van der Waals surface area contributed by atoms with E-state index in [0.717, 1.165) is 0 Å². The SMILES string of the molecule is C[C@@H]1O[C@H](OC(=Nc2ccccc2)C(F)(F)F)[C@H](O)[C@H](O)[C@H]1O. The summed E-state index contributed by atoms with van der Waals surface area (Å²) in [6.07, 6.45) is -12.8. The predicted molar refractivity (Wildman–Crippen MR) is 73.0 cm³/mol. The summed E-state index contributed by atoms with van der Waals surface area (Å²) in [6.45, 7) is 1.33. The summed E-state index contributed by atoms with van der Waals surface area (Å²) in [6, 6.07) is 7.30. The first-order valence-corrected chi connectivity index (χ1v) is 6.77. The molecule has 1 heterocycles. The van der Waals surface area contributed by atoms with Crippen LogP contribution >= 0.6 is 0 Å². The monoisotopic (exact) mass is 335 g/mol. The molecule has 1 aromatic carbocycles. The highest BCUT2D eigenvalue weighted by atomic mass is 19.4. The average molecular weight is 335 g/mol. The highest BCUT2D eigenvalue weighted by molar-refractivity contribution is 5.84. The van der Waals surface area contributed by atoms with Crippen molar-refractivity contribution in [1.29, 1.82) is 0 Å². The Labute approximate surface area is 129 Å². The quantitative estimate of drug-likeness (QED) is 0.557. The zero-order valence-electron chi connectivity index (χ0n) is 12.0. The van der Waals surface area contributed by atoms with Crippen LogP contribution in [0.2, 0.25) is 0 Å². The number of nitrogens with zero attached hydrogens (tertiary/aromatic N) is 1. The van der Waals surface area contributed by atoms with Gasteiger partial charge in [0.05, 0.1) is 11.8 Å². The van der Waals surface area contributed by atoms with Gasteiger partial charge in [0.15, 0.2) is 0 Å². The third-order valence-corrected chi connectivity index (χ3v) is 3.27. The molecule has 1 saturated heterocycles. The number of para-hydroxylation sites is 1. The van der Waals surface area contributed by atoms with E-state index in [1.54, 1.807) is 6.07 Å². The second-order valence-corrected chi connectivity index (χ2v) is 5.05. The van der Waals surface area contributed by atoms with Crippen LogP contribution in [-0.2, 0) is 9.47 Å². The lowest BCUT2D eigenvalue weighted by atomic mass is 10.0. The molecule has 3 N–H and O–H groups in total. The lowest BCUT2D eigenvalue weighted by molar-refractivity contribution is -0.277. The maximum absolute atomic E-state index is 13.1. The summed E-state index contributed by atoms with van der Waals surface area (Å²) in [5.41, 5.74) is -0.00115. The molecule has 0 saturated carbocycles. The summed E-state index contributed by atoms with van der Waals surface area (Å²) in [7, 11) is 0. The van der Waals surface area contributed by atoms with Crippen molar-refractivity contribution in [3.05, 3.63) is 30.3 Å². The number of halogens is 3. The van der Waals surface area contributed by atoms with Crippen LogP contribution in [0.3, 0.4) is 0 Å². The van der Waals surface area contributed by atoms with Crippen molar-refractivity contribution in [1.82, 2.24) is 0 Å². The van der Waals surface area contributed by atoms with E-state index in [4.69, 9.17) is 4.74 Å². The molecule has 0 unspecified atom stereocenters. The van der Waals surface area contributed by atoms with E-state index in [2.05, 4.69) is 9.73 Å². The molecule has 1 aliphatic rings. The minimum atomic E-state index is -4.93. The van der Waals surface area contributed by atoms with Crippen molar-refractivity contribution in [2.24, 2.45) is 4.99 Å². The molecule has 0 spiro atoms. The smallest absolute Gasteiger partial charge is 0.441 e. The van der Waals surface area contributed by atoms with Crippen LogP contribution < -0.4 is 0 Å². The van der Waals surface area contributed by atoms with Gasteiger partial charge in [-0.25, -0.2) is 4.99 Å². The van der Waals surface area contributed by atoms with Crippen LogP contribution in [0.4, 0.5) is 18.9 Å². The summed E-state index contributed by atoms with van der Waals surface area (Å²) < 4.78 is 48.8. The van der Waals surface area contributed by atoms with Gasteiger partial charge >= 0.3 is 6.18 Å². The molecule has 0 bridgehead atoms. The Morgan fingerprint density at radius 1 is 1.09 bits per heavy atom. The van der Waals surface area contributed by atoms with Gasteiger partial charge in [-0.2, -0.15) is 13.2 Å². The topological polar surface area (TPSA) is 91.5 Å². The van der Waals surface area contributed by atoms with Gasteiger partial charge < -0.3 is 24.8 Å². The second-order valence-electron chi connectivity index (χ2n) is 5.05. The Balaban J connectivity index is 2.23. The largest absolute Gasteiger partial charge is 0.468 e. The fraction of sp³-hybridized carbons (Fsp3) is 0.500. The molecule has 1 aliphatic heterocycles. The molecule has 0 amide bonds. The number of aliphatic hydroxyl groups excluding tert-OH is 3. The molecule has 2 rings (SSSR count). The van der Waals surface area contributed by atoms with Crippen molar-refractivity contribution < 1.29 is 38.0 Å². The molecule has 9 heteroatoms. The molecule has 0 radical (unpaired) electrons. The number of rotatable bonds is 2. The molecule has 23 heavy (non-hydrogen) atoms. The van der Waals surface area contributed by atoms with Crippen molar-refractivity contribution in [2.45, 2.75) is 43.8 Å². The molecule has 128 valence electrons. The molecule has 6 nitrogen and oxygen atoms in total. The van der Waals surface area contributed by atoms with Gasteiger partial charge in [0.1, 0.15) is 18.3 Å². The fourth-order valence-electron chi connectivity index (χ4n) is 2.00. The third-order valence-electron chi connectivity index (χ3n) is 3.27. The maximum atomic E-state index is 13.1. The summed E-state index contributed by atoms with van der Waals surface area (Å²) in [4.78, 5) is 3.36. The van der Waals surface area contributed by atoms with Gasteiger partial charge in [0.25, 0.3) is 5.90 Å². The highest BCUT2D eigenvalue weighted by Crippen LogP contribution is 2.27. The van der Waals surface area contributed by atoms with Crippen molar-refractivity contribution >= 4 is 11.6 Å². The minimum absolute atomic E-state index is 0.00115. The Kier molecular flexibility index (Phi) is 5.25. The first-order chi connectivity index (χ1) is 10.7. The van der Waals surface area contributed by atoms with Gasteiger partial charge in [-0.1, -0.05) is 18.2 Å². The van der Waals surface area contributed by atoms with E-state index in [0.29, 0.717) is 0 Å². The zero-order valence-corrected chi connectivity index (χ0v) is 12.0. The molecule has 1 aromatic rings. The molecule has 0 aliphatic carbocycles. The van der Waals surface area contributed by atoms with Gasteiger partial charge in [-0.15, -0.1) is 0 Å². The number of hydrogen-bond donors (Lipinski definition) is 3. The van der Waals surface area contributed by atoms with Crippen molar-refractivity contribution in [3.8, 4) is 0 Å². The van der Waals surface area contributed by atoms with Crippen LogP contribution in [0.1, 0.15) is 6.92 Å². The predicted octanol–water partition coefficient (Wildman–Crippen LogP) is 1.12. The van der Waals surface area contributed by atoms with E-state index < -0.39 is 42.8 Å². The van der Waals surface area contributed by atoms with Crippen LogP contribution in [0.15, 0.2) is 35.3 Å². The third kappa shape index (κ3) is 4.20. The summed E-state index contributed by atoms with van der Waals surface area (Å²) >= 11 is 0. The standard InChI is InChI=1S/C14H16F3NO5/c1-7-9(19)10(20)11(21)12(22-7)23-13(14(15,16)17)18-8-5-3-2-4-6-8/h2-7,9-12,19-21H,1H3/t7-,9-,10+,11+,12+/m0/s1. The number of benzene rings is 1. The summed E-state index contributed by atoms with van der Waals surface area (Å²) in [5.74, 6) is -1.62. The Bertz CT molecular complexity index is 551. The minimum Gasteiger partial charge on any atom is -0.441 e. The van der Waals surface area contributed by atoms with Gasteiger partial charge in [0, 0.05) is 0 Å². The van der Waals surface area contributed by atoms with Gasteiger partial charge in [-0.3, -0.25) is 0 Å². The molecular weight excluding hydrogens is 319 g/mol. The van der Waals surface area contributed by atoms with E-state index in [1.807, 2.05) is 0 Å². The highest BCUT2D eigenvalue weighted by Gasteiger charge is 2.47. The van der Waals surface area contributed by atoms with E-state index in [1.165, 1.54) is 31.2 Å². The molecule has 0 aromatic heterocycles. The van der Waals surface area contributed by atoms with E-state index >= 15 is 0 Å². The Hall–Kier alpha value is -1.68. The van der Waals surface area contributed by atoms with Gasteiger partial charge in [0.2, 0.25) is 6.29 Å². The number of alkyl halides is 3. The van der Waals surface area contributed by atoms with Crippen LogP contribution in [-0.4, -0.2) is 58.1 Å². The van der Waals surface area contributed by atoms with Crippen LogP contribution in [0.25, 0.3) is 0 Å². The normalized spacial score (nSPS) is 32.7. The van der Waals surface area contributed by atoms with E-state index in [-0.39, 0.29) is 5.69 Å². The molecular formula is C14H16F3NO5. The van der Waals surface area contributed by atoms with Gasteiger partial charge in [-0.05, 0) is 19.1 Å². The fourth-order valence-corrected chi connectivity index (χ4v) is 2.00. The maximum Gasteiger partial charge on any atom is 0.468 e. The zero-order chi connectivity index (χ0) is 17.2. The lowest BCUT2D eigenvalue weighted by Crippen LogP contribution is -2.58. The summed E-state index contributed by atoms with van der Waals surface area (Å²) in [5, 5.41) is 28.9. The lowest BCUT2D eigenvalue weighted by Gasteiger charge is -2.39. The average Bonchev–Trinajstić information content (AvgIpc) is 2.49. The molecule has 1 fully saturated rings. The van der Waals surface area contributed by atoms with Crippen LogP contribution in [0, 0.1) is 0 Å². The van der Waals surface area contributed by atoms with Crippen LogP contribution in [0.5, 0.6) is 0 Å². The second kappa shape index (κ2) is 6.83. The first kappa shape index (κ1) is 17.7. The van der Waals surface area contributed by atoms with Crippen molar-refractivity contribution in [2.75, 3.05) is 0 Å². The Morgan fingerprint density at radius 2 is 1.70 bits per heavy atom. The Morgan fingerprint density at radius 3 is 2.26 bits per heavy atom. The molecule has 5 atom stereocenters. The first-order valence-electron chi connectivity index (χ1n) is 6.77. The number of aliphatic hydroxyl groups is 3.